The molecule has 1 rings (SSSR count). The topological polar surface area (TPSA) is 58.9 Å². The number of isocyanates is 2. The lowest BCUT2D eigenvalue weighted by Gasteiger charge is -2.21. The van der Waals surface area contributed by atoms with Gasteiger partial charge in [0.05, 0.1) is 0 Å². The fourth-order valence-electron chi connectivity index (χ4n) is 1.63. The maximum Gasteiger partial charge on any atom is 0.238 e. The Hall–Kier alpha value is -0.510. The molecule has 0 saturated heterocycles. The Morgan fingerprint density at radius 3 is 2.00 bits per heavy atom. The lowest BCUT2D eigenvalue weighted by molar-refractivity contribution is 0.421. The molecule has 13 heavy (non-hydrogen) atoms. The van der Waals surface area contributed by atoms with E-state index < -0.39 is 3.67 Å². The zero-order valence-electron chi connectivity index (χ0n) is 6.99. The summed E-state index contributed by atoms with van der Waals surface area (Å²) in [6.45, 7) is 0. The molecule has 0 aromatic heterocycles. The van der Waals surface area contributed by atoms with Gasteiger partial charge in [-0.25, -0.2) is 9.59 Å². The molecular weight excluding hydrogens is 283 g/mol. The molecule has 0 radical (unpaired) electrons. The van der Waals surface area contributed by atoms with E-state index in [9.17, 15) is 9.59 Å². The molecule has 0 unspecified atom stereocenters. The predicted molar refractivity (Wildman–Crippen MR) is 55.0 cm³/mol. The van der Waals surface area contributed by atoms with Gasteiger partial charge in [0.15, 0.2) is 0 Å². The molecule has 0 amide bonds. The molecule has 0 spiro atoms. The molecule has 5 heteroatoms. The molecule has 0 bridgehead atoms. The summed E-state index contributed by atoms with van der Waals surface area (Å²) in [5.74, 6) is 0.177. The number of carbonyl (C=O) groups excluding carboxylic acids is 2. The number of nitrogens with zero attached hydrogens (tertiary/aromatic N) is 2. The lowest BCUT2D eigenvalue weighted by Crippen LogP contribution is -2.24. The number of alkyl halides is 1. The largest absolute Gasteiger partial charge is 0.238 e. The van der Waals surface area contributed by atoms with E-state index in [1.54, 1.807) is 0 Å². The van der Waals surface area contributed by atoms with Crippen molar-refractivity contribution in [3.63, 3.8) is 0 Å². The Kier molecular flexibility index (Phi) is 3.78. The van der Waals surface area contributed by atoms with Gasteiger partial charge in [0.1, 0.15) is 0 Å². The van der Waals surface area contributed by atoms with Crippen molar-refractivity contribution in [3.8, 4) is 0 Å². The summed E-state index contributed by atoms with van der Waals surface area (Å²) >= 11 is 1.92. The third-order valence-corrected chi connectivity index (χ3v) is 3.64. The van der Waals surface area contributed by atoms with Crippen LogP contribution in [0.3, 0.4) is 0 Å². The normalized spacial score (nSPS) is 21.3. The van der Waals surface area contributed by atoms with Gasteiger partial charge in [0.25, 0.3) is 0 Å². The molecule has 4 nitrogen and oxygen atoms in total. The zero-order valence-corrected chi connectivity index (χ0v) is 9.15. The second-order valence-electron chi connectivity index (χ2n) is 3.02. The quantitative estimate of drug-likeness (QED) is 0.262. The van der Waals surface area contributed by atoms with Crippen molar-refractivity contribution in [2.24, 2.45) is 15.9 Å². The van der Waals surface area contributed by atoms with E-state index in [4.69, 9.17) is 0 Å². The predicted octanol–water partition coefficient (Wildman–Crippen LogP) is 1.94. The highest BCUT2D eigenvalue weighted by Crippen LogP contribution is 2.41. The first-order chi connectivity index (χ1) is 6.23. The molecule has 0 aliphatic heterocycles. The molecular formula is C8H9IN2O2. The van der Waals surface area contributed by atoms with Crippen molar-refractivity contribution < 1.29 is 9.59 Å². The second-order valence-corrected chi connectivity index (χ2v) is 4.61. The van der Waals surface area contributed by atoms with Gasteiger partial charge < -0.3 is 0 Å². The van der Waals surface area contributed by atoms with Crippen molar-refractivity contribution in [1.82, 2.24) is 0 Å². The van der Waals surface area contributed by atoms with Gasteiger partial charge in [-0.1, -0.05) is 12.8 Å². The molecule has 1 aliphatic rings. The summed E-state index contributed by atoms with van der Waals surface area (Å²) in [6.07, 6.45) is 7.06. The number of rotatable bonds is 3. The van der Waals surface area contributed by atoms with Crippen LogP contribution in [0.2, 0.25) is 0 Å². The van der Waals surface area contributed by atoms with Crippen molar-refractivity contribution >= 4 is 34.8 Å². The first-order valence-electron chi connectivity index (χ1n) is 4.10. The maximum atomic E-state index is 10.2. The Morgan fingerprint density at radius 1 is 1.15 bits per heavy atom. The van der Waals surface area contributed by atoms with Gasteiger partial charge in [-0.15, -0.1) is 0 Å². The van der Waals surface area contributed by atoms with Crippen LogP contribution in [0.25, 0.3) is 0 Å². The highest BCUT2D eigenvalue weighted by Gasteiger charge is 2.37. The van der Waals surface area contributed by atoms with Crippen LogP contribution in [0, 0.1) is 5.92 Å². The molecule has 70 valence electrons. The van der Waals surface area contributed by atoms with E-state index in [2.05, 4.69) is 9.98 Å². The first-order valence-corrected chi connectivity index (χ1v) is 5.18. The van der Waals surface area contributed by atoms with E-state index in [0.717, 1.165) is 25.7 Å². The average Bonchev–Trinajstić information content (AvgIpc) is 2.57. The molecule has 1 saturated carbocycles. The van der Waals surface area contributed by atoms with Crippen LogP contribution in [0.5, 0.6) is 0 Å². The molecule has 0 aromatic rings. The van der Waals surface area contributed by atoms with E-state index >= 15 is 0 Å². The van der Waals surface area contributed by atoms with Gasteiger partial charge in [0.2, 0.25) is 15.8 Å². The standard InChI is InChI=1S/C8H9IN2O2/c9-8(10-5-12,11-6-13)7-3-1-2-4-7/h7H,1-4H2. The van der Waals surface area contributed by atoms with Crippen LogP contribution in [0.15, 0.2) is 9.98 Å². The summed E-state index contributed by atoms with van der Waals surface area (Å²) in [5, 5.41) is 0. The zero-order chi connectivity index (χ0) is 9.73. The SMILES string of the molecule is O=C=NC(I)(N=C=O)C1CCCC1. The average molecular weight is 292 g/mol. The second kappa shape index (κ2) is 4.65. The number of hydrogen-bond donors (Lipinski definition) is 0. The fourth-order valence-corrected chi connectivity index (χ4v) is 2.45. The minimum Gasteiger partial charge on any atom is -0.211 e. The van der Waals surface area contributed by atoms with Crippen molar-refractivity contribution in [2.75, 3.05) is 0 Å². The van der Waals surface area contributed by atoms with E-state index in [-0.39, 0.29) is 5.92 Å². The Morgan fingerprint density at radius 2 is 1.62 bits per heavy atom. The van der Waals surface area contributed by atoms with Gasteiger partial charge >= 0.3 is 0 Å². The van der Waals surface area contributed by atoms with Crippen molar-refractivity contribution in [1.29, 1.82) is 0 Å². The van der Waals surface area contributed by atoms with E-state index in [0.29, 0.717) is 0 Å². The minimum atomic E-state index is -0.947. The van der Waals surface area contributed by atoms with Crippen LogP contribution in [-0.2, 0) is 9.59 Å². The molecule has 0 aromatic carbocycles. The summed E-state index contributed by atoms with van der Waals surface area (Å²) in [5.41, 5.74) is 0. The summed E-state index contributed by atoms with van der Waals surface area (Å²) in [6, 6.07) is 0. The number of halogens is 1. The van der Waals surface area contributed by atoms with Gasteiger partial charge in [-0.2, -0.15) is 9.98 Å². The number of hydrogen-bond acceptors (Lipinski definition) is 4. The summed E-state index contributed by atoms with van der Waals surface area (Å²) in [4.78, 5) is 27.5. The van der Waals surface area contributed by atoms with Crippen LogP contribution in [0.4, 0.5) is 0 Å². The monoisotopic (exact) mass is 292 g/mol. The van der Waals surface area contributed by atoms with Crippen LogP contribution >= 0.6 is 22.6 Å². The highest BCUT2D eigenvalue weighted by molar-refractivity contribution is 14.1. The number of aliphatic imine (C=N–C) groups is 2. The maximum absolute atomic E-state index is 10.2. The third kappa shape index (κ3) is 2.46. The summed E-state index contributed by atoms with van der Waals surface area (Å²) < 4.78 is -0.947. The van der Waals surface area contributed by atoms with Crippen molar-refractivity contribution in [3.05, 3.63) is 0 Å². The third-order valence-electron chi connectivity index (χ3n) is 2.28. The lowest BCUT2D eigenvalue weighted by atomic mass is 10.1. The molecule has 1 fully saturated rings. The molecule has 0 N–H and O–H groups in total. The van der Waals surface area contributed by atoms with Crippen LogP contribution < -0.4 is 0 Å². The molecule has 0 heterocycles. The first kappa shape index (κ1) is 10.6. The Labute approximate surface area is 89.7 Å². The Bertz CT molecular complexity index is 256. The highest BCUT2D eigenvalue weighted by atomic mass is 127. The van der Waals surface area contributed by atoms with Gasteiger partial charge in [-0.3, -0.25) is 0 Å². The fraction of sp³-hybridized carbons (Fsp3) is 0.750. The van der Waals surface area contributed by atoms with Crippen LogP contribution in [-0.4, -0.2) is 15.8 Å². The van der Waals surface area contributed by atoms with E-state index in [1.165, 1.54) is 12.2 Å². The van der Waals surface area contributed by atoms with Crippen molar-refractivity contribution in [2.45, 2.75) is 29.4 Å². The van der Waals surface area contributed by atoms with Gasteiger partial charge in [-0.05, 0) is 35.4 Å². The van der Waals surface area contributed by atoms with Gasteiger partial charge in [0, 0.05) is 5.92 Å². The van der Waals surface area contributed by atoms with E-state index in [1.807, 2.05) is 22.6 Å². The summed E-state index contributed by atoms with van der Waals surface area (Å²) in [7, 11) is 0. The van der Waals surface area contributed by atoms with Crippen LogP contribution in [0.1, 0.15) is 25.7 Å². The molecule has 0 atom stereocenters. The Balaban J connectivity index is 2.87. The minimum absolute atomic E-state index is 0.177. The smallest absolute Gasteiger partial charge is 0.211 e. The molecule has 1 aliphatic carbocycles.